The number of carbonyl (C=O) groups excluding carboxylic acids is 1. The molecule has 0 aromatic carbocycles. The zero-order valence-corrected chi connectivity index (χ0v) is 8.29. The largest absolute Gasteiger partial charge is 0.325 e. The molecule has 0 unspecified atom stereocenters. The minimum atomic E-state index is 0.0129. The molecule has 0 atom stereocenters. The predicted octanol–water partition coefficient (Wildman–Crippen LogP) is 1.02. The normalized spacial score (nSPS) is 9.79. The van der Waals surface area contributed by atoms with Crippen molar-refractivity contribution in [3.05, 3.63) is 24.5 Å². The fourth-order valence-corrected chi connectivity index (χ4v) is 1.04. The number of hydrogen-bond donors (Lipinski definition) is 2. The van der Waals surface area contributed by atoms with Gasteiger partial charge in [0.15, 0.2) is 0 Å². The Morgan fingerprint density at radius 1 is 1.57 bits per heavy atom. The molecular weight excluding hydrogens is 178 g/mol. The maximum atomic E-state index is 11.3. The summed E-state index contributed by atoms with van der Waals surface area (Å²) in [6.45, 7) is 3.61. The third-order valence-corrected chi connectivity index (χ3v) is 1.72. The summed E-state index contributed by atoms with van der Waals surface area (Å²) in [6, 6.07) is 3.61. The highest BCUT2D eigenvalue weighted by Gasteiger charge is 2.00. The predicted molar refractivity (Wildman–Crippen MR) is 56.0 cm³/mol. The van der Waals surface area contributed by atoms with E-state index in [1.807, 2.05) is 13.0 Å². The smallest absolute Gasteiger partial charge is 0.225 e. The molecule has 2 N–H and O–H groups in total. The molecule has 0 aliphatic rings. The van der Waals surface area contributed by atoms with E-state index in [1.165, 1.54) is 0 Å². The summed E-state index contributed by atoms with van der Waals surface area (Å²) in [4.78, 5) is 15.2. The SMILES string of the molecule is CCNCCC(=O)Nc1cccnc1. The maximum Gasteiger partial charge on any atom is 0.225 e. The van der Waals surface area contributed by atoms with E-state index in [9.17, 15) is 4.79 Å². The number of pyridine rings is 1. The minimum Gasteiger partial charge on any atom is -0.325 e. The van der Waals surface area contributed by atoms with Gasteiger partial charge in [-0.05, 0) is 18.7 Å². The summed E-state index contributed by atoms with van der Waals surface area (Å²) in [5, 5.41) is 5.85. The number of carbonyl (C=O) groups is 1. The summed E-state index contributed by atoms with van der Waals surface area (Å²) >= 11 is 0. The van der Waals surface area contributed by atoms with Crippen molar-refractivity contribution >= 4 is 11.6 Å². The minimum absolute atomic E-state index is 0.0129. The van der Waals surface area contributed by atoms with Crippen LogP contribution in [-0.2, 0) is 4.79 Å². The van der Waals surface area contributed by atoms with Crippen molar-refractivity contribution in [1.82, 2.24) is 10.3 Å². The van der Waals surface area contributed by atoms with Crippen LogP contribution < -0.4 is 10.6 Å². The number of rotatable bonds is 5. The Morgan fingerprint density at radius 2 is 2.43 bits per heavy atom. The lowest BCUT2D eigenvalue weighted by Gasteiger charge is -2.04. The fourth-order valence-electron chi connectivity index (χ4n) is 1.04. The van der Waals surface area contributed by atoms with Gasteiger partial charge in [-0.2, -0.15) is 0 Å². The number of hydrogen-bond acceptors (Lipinski definition) is 3. The van der Waals surface area contributed by atoms with E-state index in [2.05, 4.69) is 15.6 Å². The van der Waals surface area contributed by atoms with E-state index in [0.29, 0.717) is 13.0 Å². The number of nitrogens with zero attached hydrogens (tertiary/aromatic N) is 1. The van der Waals surface area contributed by atoms with Crippen LogP contribution in [0, 0.1) is 0 Å². The summed E-state index contributed by atoms with van der Waals surface area (Å²) in [7, 11) is 0. The maximum absolute atomic E-state index is 11.3. The second-order valence-electron chi connectivity index (χ2n) is 2.89. The Hall–Kier alpha value is -1.42. The molecule has 0 spiro atoms. The van der Waals surface area contributed by atoms with Crippen molar-refractivity contribution in [2.45, 2.75) is 13.3 Å². The third kappa shape index (κ3) is 4.00. The van der Waals surface area contributed by atoms with Crippen LogP contribution in [0.2, 0.25) is 0 Å². The van der Waals surface area contributed by atoms with Gasteiger partial charge in [-0.25, -0.2) is 0 Å². The summed E-state index contributed by atoms with van der Waals surface area (Å²) in [5.74, 6) is 0.0129. The van der Waals surface area contributed by atoms with Gasteiger partial charge in [0.25, 0.3) is 0 Å². The molecule has 0 aliphatic heterocycles. The highest BCUT2D eigenvalue weighted by Crippen LogP contribution is 2.02. The quantitative estimate of drug-likeness (QED) is 0.686. The van der Waals surface area contributed by atoms with Crippen LogP contribution in [0.4, 0.5) is 5.69 Å². The second-order valence-corrected chi connectivity index (χ2v) is 2.89. The van der Waals surface area contributed by atoms with Crippen LogP contribution in [0.1, 0.15) is 13.3 Å². The van der Waals surface area contributed by atoms with Gasteiger partial charge in [-0.15, -0.1) is 0 Å². The van der Waals surface area contributed by atoms with Gasteiger partial charge in [0.2, 0.25) is 5.91 Å². The fraction of sp³-hybridized carbons (Fsp3) is 0.400. The molecule has 0 radical (unpaired) electrons. The highest BCUT2D eigenvalue weighted by molar-refractivity contribution is 5.90. The van der Waals surface area contributed by atoms with Crippen molar-refractivity contribution in [2.24, 2.45) is 0 Å². The van der Waals surface area contributed by atoms with Crippen LogP contribution in [-0.4, -0.2) is 24.0 Å². The van der Waals surface area contributed by atoms with Crippen LogP contribution >= 0.6 is 0 Å². The zero-order chi connectivity index (χ0) is 10.2. The first-order valence-corrected chi connectivity index (χ1v) is 4.73. The van der Waals surface area contributed by atoms with Gasteiger partial charge in [-0.3, -0.25) is 9.78 Å². The van der Waals surface area contributed by atoms with E-state index in [-0.39, 0.29) is 5.91 Å². The van der Waals surface area contributed by atoms with Crippen molar-refractivity contribution in [1.29, 1.82) is 0 Å². The summed E-state index contributed by atoms with van der Waals surface area (Å²) in [5.41, 5.74) is 0.744. The van der Waals surface area contributed by atoms with Crippen LogP contribution in [0.25, 0.3) is 0 Å². The number of nitrogens with one attached hydrogen (secondary N) is 2. The Morgan fingerprint density at radius 3 is 3.07 bits per heavy atom. The van der Waals surface area contributed by atoms with Gasteiger partial charge in [-0.1, -0.05) is 6.92 Å². The van der Waals surface area contributed by atoms with E-state index < -0.39 is 0 Å². The molecule has 0 bridgehead atoms. The molecule has 1 rings (SSSR count). The van der Waals surface area contributed by atoms with Crippen molar-refractivity contribution in [3.63, 3.8) is 0 Å². The molecule has 0 saturated heterocycles. The summed E-state index contributed by atoms with van der Waals surface area (Å²) < 4.78 is 0. The molecule has 1 aromatic rings. The van der Waals surface area contributed by atoms with Gasteiger partial charge in [0, 0.05) is 19.2 Å². The van der Waals surface area contributed by atoms with Crippen LogP contribution in [0.5, 0.6) is 0 Å². The molecule has 4 nitrogen and oxygen atoms in total. The average molecular weight is 193 g/mol. The lowest BCUT2D eigenvalue weighted by atomic mass is 10.3. The zero-order valence-electron chi connectivity index (χ0n) is 8.29. The van der Waals surface area contributed by atoms with Gasteiger partial charge < -0.3 is 10.6 Å². The molecule has 0 fully saturated rings. The van der Waals surface area contributed by atoms with Crippen molar-refractivity contribution in [3.8, 4) is 0 Å². The Balaban J connectivity index is 2.27. The van der Waals surface area contributed by atoms with Gasteiger partial charge in [0.1, 0.15) is 0 Å². The first-order chi connectivity index (χ1) is 6.83. The Kier molecular flexibility index (Phi) is 4.64. The molecule has 14 heavy (non-hydrogen) atoms. The molecule has 1 aromatic heterocycles. The van der Waals surface area contributed by atoms with E-state index in [0.717, 1.165) is 12.2 Å². The molecule has 1 heterocycles. The molecule has 0 saturated carbocycles. The molecule has 1 amide bonds. The molecule has 76 valence electrons. The standard InChI is InChI=1S/C10H15N3O/c1-2-11-7-5-10(14)13-9-4-3-6-12-8-9/h3-4,6,8,11H,2,5,7H2,1H3,(H,13,14). The summed E-state index contributed by atoms with van der Waals surface area (Å²) in [6.07, 6.45) is 3.79. The molecule has 4 heteroatoms. The van der Waals surface area contributed by atoms with E-state index >= 15 is 0 Å². The van der Waals surface area contributed by atoms with Crippen LogP contribution in [0.3, 0.4) is 0 Å². The third-order valence-electron chi connectivity index (χ3n) is 1.72. The van der Waals surface area contributed by atoms with Crippen molar-refractivity contribution < 1.29 is 4.79 Å². The first-order valence-electron chi connectivity index (χ1n) is 4.73. The monoisotopic (exact) mass is 193 g/mol. The number of anilines is 1. The number of amides is 1. The lowest BCUT2D eigenvalue weighted by Crippen LogP contribution is -2.21. The Labute approximate surface area is 83.7 Å². The lowest BCUT2D eigenvalue weighted by molar-refractivity contribution is -0.116. The Bertz CT molecular complexity index is 274. The molecule has 0 aliphatic carbocycles. The van der Waals surface area contributed by atoms with Crippen LogP contribution in [0.15, 0.2) is 24.5 Å². The topological polar surface area (TPSA) is 54.0 Å². The highest BCUT2D eigenvalue weighted by atomic mass is 16.1. The van der Waals surface area contributed by atoms with E-state index in [4.69, 9.17) is 0 Å². The van der Waals surface area contributed by atoms with Gasteiger partial charge in [0.05, 0.1) is 11.9 Å². The number of aromatic nitrogens is 1. The first kappa shape index (κ1) is 10.7. The van der Waals surface area contributed by atoms with Crippen molar-refractivity contribution in [2.75, 3.05) is 18.4 Å². The molecular formula is C10H15N3O. The van der Waals surface area contributed by atoms with Gasteiger partial charge >= 0.3 is 0 Å². The average Bonchev–Trinajstić information content (AvgIpc) is 2.20. The second kappa shape index (κ2) is 6.10. The van der Waals surface area contributed by atoms with E-state index in [1.54, 1.807) is 18.5 Å².